The first kappa shape index (κ1) is 8.43. The van der Waals surface area contributed by atoms with Crippen LogP contribution in [-0.4, -0.2) is 22.3 Å². The summed E-state index contributed by atoms with van der Waals surface area (Å²) in [5.41, 5.74) is 0. The zero-order chi connectivity index (χ0) is 7.44. The number of carbonyl (C=O) groups is 1. The molecule has 0 radical (unpaired) electrons. The highest BCUT2D eigenvalue weighted by Gasteiger charge is 2.13. The molecule has 0 aliphatic heterocycles. The molecular weight excluding hydrogens is 120 g/mol. The van der Waals surface area contributed by atoms with Crippen LogP contribution >= 0.6 is 0 Å². The summed E-state index contributed by atoms with van der Waals surface area (Å²) in [5, 5.41) is 16.9. The van der Waals surface area contributed by atoms with Crippen molar-refractivity contribution in [2.75, 3.05) is 0 Å². The van der Waals surface area contributed by atoms with Gasteiger partial charge in [-0.15, -0.1) is 0 Å². The molecule has 0 rings (SSSR count). The Bertz CT molecular complexity index is 98.5. The maximum absolute atomic E-state index is 9.98. The van der Waals surface area contributed by atoms with Crippen LogP contribution in [0.1, 0.15) is 20.3 Å². The van der Waals surface area contributed by atoms with E-state index in [1.165, 1.54) is 0 Å². The van der Waals surface area contributed by atoms with Crippen molar-refractivity contribution in [1.29, 1.82) is 0 Å². The van der Waals surface area contributed by atoms with Gasteiger partial charge >= 0.3 is 5.97 Å². The Morgan fingerprint density at radius 2 is 2.00 bits per heavy atom. The van der Waals surface area contributed by atoms with Gasteiger partial charge in [-0.1, -0.05) is 13.8 Å². The maximum Gasteiger partial charge on any atom is 0.332 e. The largest absolute Gasteiger partial charge is 0.479 e. The van der Waals surface area contributed by atoms with Gasteiger partial charge in [0, 0.05) is 0 Å². The number of hydrogen-bond donors (Lipinski definition) is 2. The number of aliphatic carboxylic acids is 1. The van der Waals surface area contributed by atoms with Crippen LogP contribution in [0.3, 0.4) is 0 Å². The molecule has 0 aromatic rings. The van der Waals surface area contributed by atoms with Crippen molar-refractivity contribution in [3.05, 3.63) is 0 Å². The molecule has 0 saturated carbocycles. The van der Waals surface area contributed by atoms with E-state index in [1.54, 1.807) is 0 Å². The van der Waals surface area contributed by atoms with Crippen LogP contribution in [-0.2, 0) is 4.79 Å². The van der Waals surface area contributed by atoms with Crippen molar-refractivity contribution in [3.63, 3.8) is 0 Å². The average molecular weight is 132 g/mol. The van der Waals surface area contributed by atoms with Gasteiger partial charge in [-0.3, -0.25) is 0 Å². The smallest absolute Gasteiger partial charge is 0.332 e. The predicted molar refractivity (Wildman–Crippen MR) is 33.1 cm³/mol. The SMILES string of the molecule is CC(C)C[C@H](O)C(=O)O. The molecule has 54 valence electrons. The van der Waals surface area contributed by atoms with E-state index in [-0.39, 0.29) is 5.92 Å². The summed E-state index contributed by atoms with van der Waals surface area (Å²) in [4.78, 5) is 9.98. The molecule has 0 amide bonds. The number of hydrogen-bond acceptors (Lipinski definition) is 2. The number of carboxylic acid groups (broad SMARTS) is 1. The normalized spacial score (nSPS) is 13.8. The summed E-state index contributed by atoms with van der Waals surface area (Å²) in [6.07, 6.45) is -0.861. The van der Waals surface area contributed by atoms with Crippen LogP contribution in [0.25, 0.3) is 0 Å². The summed E-state index contributed by atoms with van der Waals surface area (Å²) in [6.45, 7) is 3.73. The minimum atomic E-state index is -1.19. The number of aliphatic hydroxyl groups excluding tert-OH is 1. The molecule has 0 fully saturated rings. The minimum absolute atomic E-state index is 0.232. The van der Waals surface area contributed by atoms with Gasteiger partial charge < -0.3 is 10.2 Å². The first-order valence-corrected chi connectivity index (χ1v) is 2.95. The lowest BCUT2D eigenvalue weighted by Gasteiger charge is -2.06. The highest BCUT2D eigenvalue weighted by Crippen LogP contribution is 2.03. The molecule has 0 aliphatic carbocycles. The molecule has 0 aromatic heterocycles. The molecule has 0 bridgehead atoms. The van der Waals surface area contributed by atoms with Crippen LogP contribution in [0.5, 0.6) is 0 Å². The van der Waals surface area contributed by atoms with E-state index in [1.807, 2.05) is 13.8 Å². The Balaban J connectivity index is 3.50. The van der Waals surface area contributed by atoms with Gasteiger partial charge in [-0.05, 0) is 12.3 Å². The molecule has 0 unspecified atom stereocenters. The summed E-state index contributed by atoms with van der Waals surface area (Å²) in [6, 6.07) is 0. The van der Waals surface area contributed by atoms with Crippen molar-refractivity contribution in [2.24, 2.45) is 5.92 Å². The third kappa shape index (κ3) is 3.97. The fraction of sp³-hybridized carbons (Fsp3) is 0.833. The van der Waals surface area contributed by atoms with Gasteiger partial charge in [0.15, 0.2) is 6.10 Å². The summed E-state index contributed by atoms with van der Waals surface area (Å²) in [7, 11) is 0. The fourth-order valence-corrected chi connectivity index (χ4v) is 0.547. The van der Waals surface area contributed by atoms with Crippen LogP contribution in [0.2, 0.25) is 0 Å². The first-order valence-electron chi connectivity index (χ1n) is 2.95. The van der Waals surface area contributed by atoms with E-state index in [0.717, 1.165) is 0 Å². The third-order valence-corrected chi connectivity index (χ3v) is 0.980. The highest BCUT2D eigenvalue weighted by atomic mass is 16.4. The molecule has 0 saturated heterocycles. The Morgan fingerprint density at radius 3 is 2.11 bits per heavy atom. The van der Waals surface area contributed by atoms with Crippen molar-refractivity contribution in [2.45, 2.75) is 26.4 Å². The van der Waals surface area contributed by atoms with Gasteiger partial charge in [0.1, 0.15) is 0 Å². The second-order valence-corrected chi connectivity index (χ2v) is 2.48. The lowest BCUT2D eigenvalue weighted by molar-refractivity contribution is -0.147. The highest BCUT2D eigenvalue weighted by molar-refractivity contribution is 5.71. The molecule has 1 atom stereocenters. The molecule has 0 aromatic carbocycles. The Labute approximate surface area is 54.3 Å². The lowest BCUT2D eigenvalue weighted by atomic mass is 10.1. The first-order chi connectivity index (χ1) is 4.04. The molecule has 3 heteroatoms. The van der Waals surface area contributed by atoms with E-state index >= 15 is 0 Å². The van der Waals surface area contributed by atoms with Crippen molar-refractivity contribution < 1.29 is 15.0 Å². The third-order valence-electron chi connectivity index (χ3n) is 0.980. The molecular formula is C6H12O3. The standard InChI is InChI=1S/C6H12O3/c1-4(2)3-5(7)6(8)9/h4-5,7H,3H2,1-2H3,(H,8,9)/t5-/m0/s1. The zero-order valence-corrected chi connectivity index (χ0v) is 5.66. The number of aliphatic hydroxyl groups is 1. The average Bonchev–Trinajstić information content (AvgIpc) is 1.63. The molecule has 3 nitrogen and oxygen atoms in total. The maximum atomic E-state index is 9.98. The number of rotatable bonds is 3. The van der Waals surface area contributed by atoms with Gasteiger partial charge in [-0.2, -0.15) is 0 Å². The van der Waals surface area contributed by atoms with Crippen LogP contribution in [0, 0.1) is 5.92 Å². The van der Waals surface area contributed by atoms with Gasteiger partial charge in [0.2, 0.25) is 0 Å². The molecule has 0 aliphatic rings. The molecule has 9 heavy (non-hydrogen) atoms. The topological polar surface area (TPSA) is 57.5 Å². The Hall–Kier alpha value is -0.570. The van der Waals surface area contributed by atoms with Crippen molar-refractivity contribution in [3.8, 4) is 0 Å². The van der Waals surface area contributed by atoms with Crippen LogP contribution in [0.15, 0.2) is 0 Å². The molecule has 0 spiro atoms. The van der Waals surface area contributed by atoms with Gasteiger partial charge in [-0.25, -0.2) is 4.79 Å². The summed E-state index contributed by atoms with van der Waals surface area (Å²) in [5.74, 6) is -0.903. The van der Waals surface area contributed by atoms with Gasteiger partial charge in [0.25, 0.3) is 0 Å². The van der Waals surface area contributed by atoms with Crippen LogP contribution < -0.4 is 0 Å². The van der Waals surface area contributed by atoms with E-state index in [2.05, 4.69) is 0 Å². The second-order valence-electron chi connectivity index (χ2n) is 2.48. The monoisotopic (exact) mass is 132 g/mol. The summed E-state index contributed by atoms with van der Waals surface area (Å²) >= 11 is 0. The number of carboxylic acids is 1. The predicted octanol–water partition coefficient (Wildman–Crippen LogP) is 0.478. The van der Waals surface area contributed by atoms with E-state index in [4.69, 9.17) is 10.2 Å². The second kappa shape index (κ2) is 3.45. The van der Waals surface area contributed by atoms with E-state index in [9.17, 15) is 4.79 Å². The zero-order valence-electron chi connectivity index (χ0n) is 5.66. The Kier molecular flexibility index (Phi) is 3.24. The van der Waals surface area contributed by atoms with E-state index < -0.39 is 12.1 Å². The van der Waals surface area contributed by atoms with Crippen molar-refractivity contribution >= 4 is 5.97 Å². The van der Waals surface area contributed by atoms with Gasteiger partial charge in [0.05, 0.1) is 0 Å². The van der Waals surface area contributed by atoms with E-state index in [0.29, 0.717) is 6.42 Å². The van der Waals surface area contributed by atoms with Crippen molar-refractivity contribution in [1.82, 2.24) is 0 Å². The Morgan fingerprint density at radius 1 is 1.56 bits per heavy atom. The minimum Gasteiger partial charge on any atom is -0.479 e. The van der Waals surface area contributed by atoms with Crippen LogP contribution in [0.4, 0.5) is 0 Å². The lowest BCUT2D eigenvalue weighted by Crippen LogP contribution is -2.21. The quantitative estimate of drug-likeness (QED) is 0.587. The molecule has 0 heterocycles. The summed E-state index contributed by atoms with van der Waals surface area (Å²) < 4.78 is 0. The molecule has 2 N–H and O–H groups in total. The fourth-order valence-electron chi connectivity index (χ4n) is 0.547.